The summed E-state index contributed by atoms with van der Waals surface area (Å²) in [6.07, 6.45) is 1.51. The van der Waals surface area contributed by atoms with Gasteiger partial charge in [-0.15, -0.1) is 6.58 Å². The quantitative estimate of drug-likeness (QED) is 0.474. The van der Waals surface area contributed by atoms with Crippen molar-refractivity contribution in [2.75, 3.05) is 18.0 Å². The van der Waals surface area contributed by atoms with Crippen LogP contribution in [0.15, 0.2) is 30.9 Å². The highest BCUT2D eigenvalue weighted by atomic mass is 16.6. The molecule has 0 saturated heterocycles. The Bertz CT molecular complexity index is 485. The Labute approximate surface area is 104 Å². The minimum Gasteiger partial charge on any atom is -0.480 e. The van der Waals surface area contributed by atoms with E-state index in [9.17, 15) is 14.9 Å². The fraction of sp³-hybridized carbons (Fsp3) is 0.250. The number of para-hydroxylation sites is 1. The van der Waals surface area contributed by atoms with Gasteiger partial charge in [-0.3, -0.25) is 14.9 Å². The third-order valence-corrected chi connectivity index (χ3v) is 2.40. The van der Waals surface area contributed by atoms with Crippen molar-refractivity contribution in [1.82, 2.24) is 0 Å². The molecule has 1 N–H and O–H groups in total. The Kier molecular flexibility index (Phi) is 4.42. The van der Waals surface area contributed by atoms with Crippen LogP contribution in [0.4, 0.5) is 11.4 Å². The van der Waals surface area contributed by atoms with Crippen LogP contribution in [-0.2, 0) is 4.79 Å². The van der Waals surface area contributed by atoms with E-state index >= 15 is 0 Å². The van der Waals surface area contributed by atoms with Gasteiger partial charge in [0, 0.05) is 12.6 Å². The number of carboxylic acids is 1. The Morgan fingerprint density at radius 3 is 2.78 bits per heavy atom. The second-order valence-electron chi connectivity index (χ2n) is 3.76. The largest absolute Gasteiger partial charge is 0.480 e. The smallest absolute Gasteiger partial charge is 0.323 e. The van der Waals surface area contributed by atoms with Gasteiger partial charge in [0.1, 0.15) is 12.2 Å². The summed E-state index contributed by atoms with van der Waals surface area (Å²) in [5.74, 6) is -1.05. The molecule has 6 nitrogen and oxygen atoms in total. The molecule has 0 unspecified atom stereocenters. The van der Waals surface area contributed by atoms with Gasteiger partial charge >= 0.3 is 5.97 Å². The van der Waals surface area contributed by atoms with Crippen molar-refractivity contribution < 1.29 is 14.8 Å². The number of carboxylic acid groups (broad SMARTS) is 1. The van der Waals surface area contributed by atoms with Crippen LogP contribution in [0.5, 0.6) is 0 Å². The number of hydrogen-bond donors (Lipinski definition) is 1. The predicted molar refractivity (Wildman–Crippen MR) is 67.9 cm³/mol. The highest BCUT2D eigenvalue weighted by Crippen LogP contribution is 2.31. The third kappa shape index (κ3) is 3.07. The maximum absolute atomic E-state index is 11.0. The van der Waals surface area contributed by atoms with Crippen LogP contribution in [0.2, 0.25) is 0 Å². The van der Waals surface area contributed by atoms with E-state index in [4.69, 9.17) is 5.11 Å². The van der Waals surface area contributed by atoms with Crippen molar-refractivity contribution in [2.45, 2.75) is 6.92 Å². The first-order chi connectivity index (χ1) is 8.47. The molecule has 0 atom stereocenters. The second-order valence-corrected chi connectivity index (χ2v) is 3.76. The molecule has 0 aliphatic rings. The van der Waals surface area contributed by atoms with Gasteiger partial charge in [-0.25, -0.2) is 0 Å². The van der Waals surface area contributed by atoms with Gasteiger partial charge in [0.2, 0.25) is 0 Å². The molecule has 0 radical (unpaired) electrons. The van der Waals surface area contributed by atoms with Crippen molar-refractivity contribution in [3.05, 3.63) is 46.5 Å². The maximum atomic E-state index is 11.0. The summed E-state index contributed by atoms with van der Waals surface area (Å²) in [6.45, 7) is 5.17. The van der Waals surface area contributed by atoms with Gasteiger partial charge in [0.15, 0.2) is 0 Å². The Balaban J connectivity index is 3.28. The summed E-state index contributed by atoms with van der Waals surface area (Å²) in [7, 11) is 0. The van der Waals surface area contributed by atoms with Gasteiger partial charge in [-0.2, -0.15) is 0 Å². The van der Waals surface area contributed by atoms with Crippen molar-refractivity contribution in [2.24, 2.45) is 0 Å². The summed E-state index contributed by atoms with van der Waals surface area (Å²) < 4.78 is 0. The van der Waals surface area contributed by atoms with E-state index in [0.29, 0.717) is 11.3 Å². The van der Waals surface area contributed by atoms with E-state index in [0.717, 1.165) is 0 Å². The molecule has 0 fully saturated rings. The normalized spacial score (nSPS) is 9.83. The lowest BCUT2D eigenvalue weighted by Crippen LogP contribution is -2.30. The van der Waals surface area contributed by atoms with Gasteiger partial charge in [-0.05, 0) is 12.5 Å². The molecule has 1 aromatic carbocycles. The standard InChI is InChI=1S/C12H14N2O4/c1-3-7-13(8-11(15)16)12-9(2)5-4-6-10(12)14(17)18/h3-6H,1,7-8H2,2H3,(H,15,16). The molecule has 0 aliphatic heterocycles. The van der Waals surface area contributed by atoms with E-state index in [2.05, 4.69) is 6.58 Å². The highest BCUT2D eigenvalue weighted by molar-refractivity contribution is 5.77. The topological polar surface area (TPSA) is 83.7 Å². The zero-order valence-corrected chi connectivity index (χ0v) is 10.00. The highest BCUT2D eigenvalue weighted by Gasteiger charge is 2.22. The molecule has 0 aliphatic carbocycles. The molecule has 0 spiro atoms. The Morgan fingerprint density at radius 1 is 1.61 bits per heavy atom. The minimum atomic E-state index is -1.05. The summed E-state index contributed by atoms with van der Waals surface area (Å²) in [5, 5.41) is 19.8. The molecule has 1 rings (SSSR count). The van der Waals surface area contributed by atoms with E-state index in [1.54, 1.807) is 19.1 Å². The number of aliphatic carboxylic acids is 1. The fourth-order valence-corrected chi connectivity index (χ4v) is 1.76. The number of nitro groups is 1. The maximum Gasteiger partial charge on any atom is 0.323 e. The number of hydrogen-bond acceptors (Lipinski definition) is 4. The SMILES string of the molecule is C=CCN(CC(=O)O)c1c(C)cccc1[N+](=O)[O-]. The first-order valence-electron chi connectivity index (χ1n) is 5.29. The summed E-state index contributed by atoms with van der Waals surface area (Å²) >= 11 is 0. The predicted octanol–water partition coefficient (Wildman–Crippen LogP) is 1.98. The van der Waals surface area contributed by atoms with E-state index in [1.807, 2.05) is 0 Å². The Morgan fingerprint density at radius 2 is 2.28 bits per heavy atom. The Hall–Kier alpha value is -2.37. The summed E-state index contributed by atoms with van der Waals surface area (Å²) in [5.41, 5.74) is 0.884. The third-order valence-electron chi connectivity index (χ3n) is 2.40. The van der Waals surface area contributed by atoms with E-state index in [-0.39, 0.29) is 18.8 Å². The number of benzene rings is 1. The monoisotopic (exact) mass is 250 g/mol. The average molecular weight is 250 g/mol. The zero-order chi connectivity index (χ0) is 13.7. The molecule has 6 heteroatoms. The molecule has 18 heavy (non-hydrogen) atoms. The molecule has 1 aromatic rings. The van der Waals surface area contributed by atoms with Crippen LogP contribution in [0.1, 0.15) is 5.56 Å². The fourth-order valence-electron chi connectivity index (χ4n) is 1.76. The number of anilines is 1. The number of aryl methyl sites for hydroxylation is 1. The van der Waals surface area contributed by atoms with Crippen molar-refractivity contribution in [3.8, 4) is 0 Å². The number of nitro benzene ring substituents is 1. The molecule has 0 bridgehead atoms. The minimum absolute atomic E-state index is 0.0990. The van der Waals surface area contributed by atoms with Crippen molar-refractivity contribution in [3.63, 3.8) is 0 Å². The summed E-state index contributed by atoms with van der Waals surface area (Å²) in [4.78, 5) is 22.7. The lowest BCUT2D eigenvalue weighted by molar-refractivity contribution is -0.384. The first-order valence-corrected chi connectivity index (χ1v) is 5.29. The zero-order valence-electron chi connectivity index (χ0n) is 10.00. The number of nitrogens with zero attached hydrogens (tertiary/aromatic N) is 2. The van der Waals surface area contributed by atoms with Gasteiger partial charge in [-0.1, -0.05) is 18.2 Å². The van der Waals surface area contributed by atoms with Crippen LogP contribution < -0.4 is 4.90 Å². The van der Waals surface area contributed by atoms with Crippen LogP contribution in [0.25, 0.3) is 0 Å². The van der Waals surface area contributed by atoms with Crippen LogP contribution >= 0.6 is 0 Å². The van der Waals surface area contributed by atoms with E-state index < -0.39 is 10.9 Å². The average Bonchev–Trinajstić information content (AvgIpc) is 2.27. The lowest BCUT2D eigenvalue weighted by Gasteiger charge is -2.22. The van der Waals surface area contributed by atoms with E-state index in [1.165, 1.54) is 17.0 Å². The molecule has 0 aromatic heterocycles. The van der Waals surface area contributed by atoms with Crippen LogP contribution in [-0.4, -0.2) is 29.1 Å². The first kappa shape index (κ1) is 13.7. The van der Waals surface area contributed by atoms with Crippen molar-refractivity contribution in [1.29, 1.82) is 0 Å². The molecule has 96 valence electrons. The van der Waals surface area contributed by atoms with Crippen LogP contribution in [0.3, 0.4) is 0 Å². The summed E-state index contributed by atoms with van der Waals surface area (Å²) in [6, 6.07) is 4.64. The van der Waals surface area contributed by atoms with Crippen LogP contribution in [0, 0.1) is 17.0 Å². The van der Waals surface area contributed by atoms with Crippen molar-refractivity contribution >= 4 is 17.3 Å². The second kappa shape index (κ2) is 5.81. The molecular weight excluding hydrogens is 236 g/mol. The number of rotatable bonds is 6. The van der Waals surface area contributed by atoms with Gasteiger partial charge in [0.05, 0.1) is 4.92 Å². The number of carbonyl (C=O) groups is 1. The lowest BCUT2D eigenvalue weighted by atomic mass is 10.1. The van der Waals surface area contributed by atoms with Gasteiger partial charge < -0.3 is 10.0 Å². The van der Waals surface area contributed by atoms with Gasteiger partial charge in [0.25, 0.3) is 5.69 Å². The molecule has 0 amide bonds. The molecule has 0 saturated carbocycles. The molecular formula is C12H14N2O4. The molecule has 0 heterocycles.